The van der Waals surface area contributed by atoms with Gasteiger partial charge in [0.25, 0.3) is 0 Å². The molecular formula is C16H14ClFO. The highest BCUT2D eigenvalue weighted by Gasteiger charge is 2.14. The zero-order chi connectivity index (χ0) is 14.0. The Morgan fingerprint density at radius 3 is 2.47 bits per heavy atom. The van der Waals surface area contributed by atoms with Crippen molar-refractivity contribution in [2.75, 3.05) is 0 Å². The molecule has 0 aliphatic heterocycles. The Bertz CT molecular complexity index is 635. The van der Waals surface area contributed by atoms with E-state index in [0.717, 1.165) is 11.1 Å². The summed E-state index contributed by atoms with van der Waals surface area (Å²) in [5.74, 6) is -0.533. The summed E-state index contributed by atoms with van der Waals surface area (Å²) in [6, 6.07) is 9.82. The molecule has 2 rings (SSSR count). The lowest BCUT2D eigenvalue weighted by Crippen LogP contribution is -2.06. The van der Waals surface area contributed by atoms with Crippen LogP contribution in [0, 0.1) is 19.7 Å². The minimum Gasteiger partial charge on any atom is -0.294 e. The van der Waals surface area contributed by atoms with Crippen LogP contribution in [0.15, 0.2) is 36.4 Å². The van der Waals surface area contributed by atoms with Gasteiger partial charge in [0.2, 0.25) is 0 Å². The fourth-order valence-electron chi connectivity index (χ4n) is 1.90. The number of rotatable bonds is 3. The van der Waals surface area contributed by atoms with Crippen molar-refractivity contribution in [2.24, 2.45) is 0 Å². The Balaban J connectivity index is 2.31. The van der Waals surface area contributed by atoms with Gasteiger partial charge < -0.3 is 0 Å². The van der Waals surface area contributed by atoms with E-state index >= 15 is 0 Å². The van der Waals surface area contributed by atoms with Crippen LogP contribution in [0.4, 0.5) is 4.39 Å². The van der Waals surface area contributed by atoms with Crippen molar-refractivity contribution in [1.82, 2.24) is 0 Å². The topological polar surface area (TPSA) is 17.1 Å². The van der Waals surface area contributed by atoms with Gasteiger partial charge in [-0.25, -0.2) is 4.39 Å². The lowest BCUT2D eigenvalue weighted by Gasteiger charge is -2.08. The SMILES string of the molecule is Cc1cc(Cl)c(C(=O)Cc2ccccc2F)cc1C. The molecule has 0 N–H and O–H groups in total. The highest BCUT2D eigenvalue weighted by Crippen LogP contribution is 2.23. The normalized spacial score (nSPS) is 10.5. The molecule has 0 unspecified atom stereocenters. The molecule has 0 bridgehead atoms. The fraction of sp³-hybridized carbons (Fsp3) is 0.188. The van der Waals surface area contributed by atoms with Crippen LogP contribution in [0.1, 0.15) is 27.0 Å². The molecule has 98 valence electrons. The Morgan fingerprint density at radius 1 is 1.16 bits per heavy atom. The van der Waals surface area contributed by atoms with Gasteiger partial charge in [0.15, 0.2) is 5.78 Å². The van der Waals surface area contributed by atoms with E-state index in [0.29, 0.717) is 16.1 Å². The van der Waals surface area contributed by atoms with Crippen LogP contribution in [0.25, 0.3) is 0 Å². The maximum Gasteiger partial charge on any atom is 0.168 e. The smallest absolute Gasteiger partial charge is 0.168 e. The first-order valence-electron chi connectivity index (χ1n) is 6.02. The number of carbonyl (C=O) groups is 1. The lowest BCUT2D eigenvalue weighted by atomic mass is 9.99. The molecule has 0 heterocycles. The highest BCUT2D eigenvalue weighted by atomic mass is 35.5. The second-order valence-corrected chi connectivity index (χ2v) is 5.01. The van der Waals surface area contributed by atoms with E-state index in [1.807, 2.05) is 13.8 Å². The minimum absolute atomic E-state index is 0.0227. The van der Waals surface area contributed by atoms with Gasteiger partial charge in [0.05, 0.1) is 5.02 Å². The van der Waals surface area contributed by atoms with Crippen molar-refractivity contribution in [3.63, 3.8) is 0 Å². The van der Waals surface area contributed by atoms with E-state index < -0.39 is 0 Å². The van der Waals surface area contributed by atoms with Crippen molar-refractivity contribution in [1.29, 1.82) is 0 Å². The molecule has 0 fully saturated rings. The largest absolute Gasteiger partial charge is 0.294 e. The molecule has 0 atom stereocenters. The molecule has 2 aromatic rings. The number of hydrogen-bond donors (Lipinski definition) is 0. The third kappa shape index (κ3) is 3.02. The molecule has 1 nitrogen and oxygen atoms in total. The number of aryl methyl sites for hydroxylation is 2. The quantitative estimate of drug-likeness (QED) is 0.753. The van der Waals surface area contributed by atoms with E-state index in [4.69, 9.17) is 11.6 Å². The Kier molecular flexibility index (Phi) is 4.01. The molecule has 0 spiro atoms. The first kappa shape index (κ1) is 13.8. The van der Waals surface area contributed by atoms with Gasteiger partial charge in [-0.1, -0.05) is 29.8 Å². The monoisotopic (exact) mass is 276 g/mol. The zero-order valence-electron chi connectivity index (χ0n) is 10.8. The summed E-state index contributed by atoms with van der Waals surface area (Å²) < 4.78 is 13.5. The maximum absolute atomic E-state index is 13.5. The van der Waals surface area contributed by atoms with Crippen LogP contribution in [0.3, 0.4) is 0 Å². The first-order valence-corrected chi connectivity index (χ1v) is 6.40. The Morgan fingerprint density at radius 2 is 1.79 bits per heavy atom. The number of carbonyl (C=O) groups excluding carboxylic acids is 1. The van der Waals surface area contributed by atoms with Crippen molar-refractivity contribution in [3.8, 4) is 0 Å². The highest BCUT2D eigenvalue weighted by molar-refractivity contribution is 6.34. The first-order chi connectivity index (χ1) is 8.99. The summed E-state index contributed by atoms with van der Waals surface area (Å²) in [4.78, 5) is 12.2. The van der Waals surface area contributed by atoms with E-state index in [1.54, 1.807) is 30.3 Å². The average Bonchev–Trinajstić information content (AvgIpc) is 2.36. The third-order valence-electron chi connectivity index (χ3n) is 3.19. The van der Waals surface area contributed by atoms with Gasteiger partial charge in [0, 0.05) is 12.0 Å². The van der Waals surface area contributed by atoms with Crippen LogP contribution >= 0.6 is 11.6 Å². The average molecular weight is 277 g/mol. The van der Waals surface area contributed by atoms with E-state index in [1.165, 1.54) is 6.07 Å². The summed E-state index contributed by atoms with van der Waals surface area (Å²) in [5.41, 5.74) is 2.88. The predicted molar refractivity (Wildman–Crippen MR) is 75.4 cm³/mol. The summed E-state index contributed by atoms with van der Waals surface area (Å²) in [6.07, 6.45) is 0.0227. The van der Waals surface area contributed by atoms with Crippen molar-refractivity contribution in [2.45, 2.75) is 20.3 Å². The molecule has 0 aliphatic carbocycles. The summed E-state index contributed by atoms with van der Waals surface area (Å²) in [5, 5.41) is 0.421. The van der Waals surface area contributed by atoms with Crippen LogP contribution in [0.2, 0.25) is 5.02 Å². The number of halogens is 2. The van der Waals surface area contributed by atoms with Crippen molar-refractivity contribution in [3.05, 3.63) is 69.5 Å². The summed E-state index contributed by atoms with van der Waals surface area (Å²) in [7, 11) is 0. The molecule has 2 aromatic carbocycles. The van der Waals surface area contributed by atoms with Gasteiger partial charge in [0.1, 0.15) is 5.82 Å². The van der Waals surface area contributed by atoms with E-state index in [2.05, 4.69) is 0 Å². The molecule has 0 aromatic heterocycles. The van der Waals surface area contributed by atoms with Crippen LogP contribution in [-0.2, 0) is 6.42 Å². The number of hydrogen-bond acceptors (Lipinski definition) is 1. The molecule has 0 radical (unpaired) electrons. The van der Waals surface area contributed by atoms with Crippen LogP contribution in [-0.4, -0.2) is 5.78 Å². The molecular weight excluding hydrogens is 263 g/mol. The number of ketones is 1. The number of Topliss-reactive ketones (excluding diaryl/α,β-unsaturated/α-hetero) is 1. The van der Waals surface area contributed by atoms with Gasteiger partial charge in [-0.3, -0.25) is 4.79 Å². The van der Waals surface area contributed by atoms with Gasteiger partial charge in [-0.15, -0.1) is 0 Å². The Hall–Kier alpha value is -1.67. The second kappa shape index (κ2) is 5.54. The van der Waals surface area contributed by atoms with Crippen LogP contribution < -0.4 is 0 Å². The molecule has 19 heavy (non-hydrogen) atoms. The van der Waals surface area contributed by atoms with Crippen molar-refractivity contribution >= 4 is 17.4 Å². The molecule has 0 saturated carbocycles. The molecule has 0 aliphatic rings. The predicted octanol–water partition coefficient (Wildman–Crippen LogP) is 4.52. The fourth-order valence-corrected chi connectivity index (χ4v) is 2.23. The standard InChI is InChI=1S/C16H14ClFO/c1-10-7-13(14(17)8-11(10)2)16(19)9-12-5-3-4-6-15(12)18/h3-8H,9H2,1-2H3. The third-order valence-corrected chi connectivity index (χ3v) is 3.51. The Labute approximate surface area is 117 Å². The van der Waals surface area contributed by atoms with E-state index in [-0.39, 0.29) is 18.0 Å². The molecule has 0 amide bonds. The summed E-state index contributed by atoms with van der Waals surface area (Å²) >= 11 is 6.09. The van der Waals surface area contributed by atoms with Crippen molar-refractivity contribution < 1.29 is 9.18 Å². The van der Waals surface area contributed by atoms with Gasteiger partial charge >= 0.3 is 0 Å². The zero-order valence-corrected chi connectivity index (χ0v) is 11.6. The van der Waals surface area contributed by atoms with Crippen LogP contribution in [0.5, 0.6) is 0 Å². The van der Waals surface area contributed by atoms with Gasteiger partial charge in [-0.2, -0.15) is 0 Å². The summed E-state index contributed by atoms with van der Waals surface area (Å²) in [6.45, 7) is 3.86. The molecule has 3 heteroatoms. The number of benzene rings is 2. The second-order valence-electron chi connectivity index (χ2n) is 4.61. The lowest BCUT2D eigenvalue weighted by molar-refractivity contribution is 0.0992. The van der Waals surface area contributed by atoms with E-state index in [9.17, 15) is 9.18 Å². The van der Waals surface area contributed by atoms with Gasteiger partial charge in [-0.05, 0) is 48.7 Å². The molecule has 0 saturated heterocycles. The minimum atomic E-state index is -0.365. The maximum atomic E-state index is 13.5.